The van der Waals surface area contributed by atoms with E-state index in [0.29, 0.717) is 30.5 Å². The van der Waals surface area contributed by atoms with Gasteiger partial charge in [0.25, 0.3) is 5.91 Å². The average Bonchev–Trinajstić information content (AvgIpc) is 2.85. The molecule has 8 nitrogen and oxygen atoms in total. The fraction of sp³-hybridized carbons (Fsp3) is 0.474. The van der Waals surface area contributed by atoms with E-state index in [0.717, 1.165) is 12.2 Å². The molecule has 152 valence electrons. The maximum atomic E-state index is 12.5. The minimum Gasteiger partial charge on any atom is -0.494 e. The molecule has 0 aliphatic carbocycles. The number of ether oxygens (including phenoxy) is 1. The number of carbonyl (C=O) groups is 3. The summed E-state index contributed by atoms with van der Waals surface area (Å²) >= 11 is 5.30. The lowest BCUT2D eigenvalue weighted by Crippen LogP contribution is -2.42. The Balaban J connectivity index is 1.96. The van der Waals surface area contributed by atoms with E-state index in [2.05, 4.69) is 10.6 Å². The van der Waals surface area contributed by atoms with E-state index < -0.39 is 6.04 Å². The first kappa shape index (κ1) is 21.6. The van der Waals surface area contributed by atoms with Gasteiger partial charge in [-0.05, 0) is 42.9 Å². The highest BCUT2D eigenvalue weighted by molar-refractivity contribution is 7.80. The van der Waals surface area contributed by atoms with Crippen molar-refractivity contribution in [1.29, 1.82) is 0 Å². The summed E-state index contributed by atoms with van der Waals surface area (Å²) in [6.07, 6.45) is 0.889. The van der Waals surface area contributed by atoms with Crippen molar-refractivity contribution < 1.29 is 19.1 Å². The molecule has 0 bridgehead atoms. The van der Waals surface area contributed by atoms with Gasteiger partial charge in [-0.25, -0.2) is 0 Å². The first-order valence-corrected chi connectivity index (χ1v) is 9.59. The lowest BCUT2D eigenvalue weighted by Gasteiger charge is -2.23. The standard InChI is InChI=1S/C19H26N4O4S/c1-4-11-27-15-7-5-14(6-8-15)21-17(25)12-16-18(26)22(3)19(28)23(16)10-9-20-13(2)24/h5-8,16H,4,9-12H2,1-3H3,(H,20,24)(H,21,25). The molecule has 1 unspecified atom stereocenters. The summed E-state index contributed by atoms with van der Waals surface area (Å²) in [4.78, 5) is 39.0. The fourth-order valence-corrected chi connectivity index (χ4v) is 3.13. The molecule has 9 heteroatoms. The Bertz CT molecular complexity index is 738. The number of carbonyl (C=O) groups excluding carboxylic acids is 3. The van der Waals surface area contributed by atoms with Gasteiger partial charge in [0.15, 0.2) is 5.11 Å². The van der Waals surface area contributed by atoms with E-state index in [9.17, 15) is 14.4 Å². The smallest absolute Gasteiger partial charge is 0.251 e. The van der Waals surface area contributed by atoms with E-state index in [1.807, 2.05) is 6.92 Å². The maximum Gasteiger partial charge on any atom is 0.251 e. The number of rotatable bonds is 9. The quantitative estimate of drug-likeness (QED) is 0.602. The van der Waals surface area contributed by atoms with Gasteiger partial charge in [-0.1, -0.05) is 6.92 Å². The topological polar surface area (TPSA) is 91.0 Å². The lowest BCUT2D eigenvalue weighted by molar-refractivity contribution is -0.130. The van der Waals surface area contributed by atoms with Gasteiger partial charge in [0.2, 0.25) is 11.8 Å². The summed E-state index contributed by atoms with van der Waals surface area (Å²) in [5.74, 6) is 0.0573. The van der Waals surface area contributed by atoms with E-state index in [1.165, 1.54) is 11.8 Å². The third-order valence-corrected chi connectivity index (χ3v) is 4.75. The zero-order chi connectivity index (χ0) is 20.7. The molecule has 1 heterocycles. The monoisotopic (exact) mass is 406 g/mol. The second kappa shape index (κ2) is 10.0. The van der Waals surface area contributed by atoms with Crippen molar-refractivity contribution in [3.8, 4) is 5.75 Å². The highest BCUT2D eigenvalue weighted by Gasteiger charge is 2.41. The molecule has 1 aromatic rings. The lowest BCUT2D eigenvalue weighted by atomic mass is 10.1. The summed E-state index contributed by atoms with van der Waals surface area (Å²) in [5.41, 5.74) is 0.625. The molecular weight excluding hydrogens is 380 g/mol. The normalized spacial score (nSPS) is 16.3. The maximum absolute atomic E-state index is 12.5. The van der Waals surface area contributed by atoms with Crippen LogP contribution in [-0.2, 0) is 14.4 Å². The average molecular weight is 407 g/mol. The van der Waals surface area contributed by atoms with Gasteiger partial charge in [0, 0.05) is 32.7 Å². The minimum absolute atomic E-state index is 0.0303. The third-order valence-electron chi connectivity index (χ3n) is 4.24. The third kappa shape index (κ3) is 5.66. The molecule has 3 amide bonds. The second-order valence-corrected chi connectivity index (χ2v) is 6.86. The fourth-order valence-electron chi connectivity index (χ4n) is 2.82. The zero-order valence-electron chi connectivity index (χ0n) is 16.4. The van der Waals surface area contributed by atoms with Crippen LogP contribution in [0.15, 0.2) is 24.3 Å². The van der Waals surface area contributed by atoms with Crippen LogP contribution in [0.5, 0.6) is 5.75 Å². The van der Waals surface area contributed by atoms with Gasteiger partial charge >= 0.3 is 0 Å². The highest BCUT2D eigenvalue weighted by Crippen LogP contribution is 2.20. The van der Waals surface area contributed by atoms with E-state index in [1.54, 1.807) is 36.2 Å². The van der Waals surface area contributed by atoms with Gasteiger partial charge in [0.05, 0.1) is 13.0 Å². The molecule has 1 aliphatic rings. The predicted octanol–water partition coefficient (Wildman–Crippen LogP) is 1.37. The van der Waals surface area contributed by atoms with Gasteiger partial charge in [0.1, 0.15) is 11.8 Å². The summed E-state index contributed by atoms with van der Waals surface area (Å²) in [6, 6.07) is 6.40. The van der Waals surface area contributed by atoms with Crippen LogP contribution in [0.25, 0.3) is 0 Å². The Kier molecular flexibility index (Phi) is 7.74. The van der Waals surface area contributed by atoms with Crippen LogP contribution in [0.4, 0.5) is 5.69 Å². The van der Waals surface area contributed by atoms with Crippen LogP contribution in [0, 0.1) is 0 Å². The summed E-state index contributed by atoms with van der Waals surface area (Å²) in [5, 5.41) is 5.82. The number of hydrogen-bond acceptors (Lipinski definition) is 5. The van der Waals surface area contributed by atoms with Crippen molar-refractivity contribution in [3.05, 3.63) is 24.3 Å². The van der Waals surface area contributed by atoms with Crippen LogP contribution in [-0.4, -0.2) is 65.4 Å². The number of hydrogen-bond donors (Lipinski definition) is 2. The number of thiocarbonyl (C=S) groups is 1. The first-order valence-electron chi connectivity index (χ1n) is 9.18. The van der Waals surface area contributed by atoms with Crippen molar-refractivity contribution in [2.75, 3.05) is 32.1 Å². The van der Waals surface area contributed by atoms with Crippen molar-refractivity contribution in [2.45, 2.75) is 32.7 Å². The molecule has 1 atom stereocenters. The predicted molar refractivity (Wildman–Crippen MR) is 110 cm³/mol. The van der Waals surface area contributed by atoms with Crippen molar-refractivity contribution >= 4 is 40.7 Å². The largest absolute Gasteiger partial charge is 0.494 e. The second-order valence-electron chi connectivity index (χ2n) is 6.50. The molecule has 1 aromatic carbocycles. The first-order chi connectivity index (χ1) is 13.3. The number of anilines is 1. The number of nitrogens with zero attached hydrogens (tertiary/aromatic N) is 2. The molecule has 0 spiro atoms. The summed E-state index contributed by atoms with van der Waals surface area (Å²) < 4.78 is 5.51. The summed E-state index contributed by atoms with van der Waals surface area (Å²) in [6.45, 7) is 4.78. The molecule has 28 heavy (non-hydrogen) atoms. The van der Waals surface area contributed by atoms with Gasteiger partial charge in [-0.15, -0.1) is 0 Å². The Morgan fingerprint density at radius 3 is 2.54 bits per heavy atom. The molecule has 1 saturated heterocycles. The van der Waals surface area contributed by atoms with E-state index in [-0.39, 0.29) is 24.1 Å². The Morgan fingerprint density at radius 1 is 1.25 bits per heavy atom. The number of benzene rings is 1. The van der Waals surface area contributed by atoms with Crippen molar-refractivity contribution in [1.82, 2.24) is 15.1 Å². The van der Waals surface area contributed by atoms with Crippen LogP contribution in [0.1, 0.15) is 26.7 Å². The number of amides is 3. The van der Waals surface area contributed by atoms with E-state index >= 15 is 0 Å². The van der Waals surface area contributed by atoms with E-state index in [4.69, 9.17) is 17.0 Å². The Labute approximate surface area is 170 Å². The Morgan fingerprint density at radius 2 is 1.93 bits per heavy atom. The highest BCUT2D eigenvalue weighted by atomic mass is 32.1. The number of likely N-dealkylation sites (N-methyl/N-ethyl adjacent to an activating group) is 1. The van der Waals surface area contributed by atoms with Gasteiger partial charge in [-0.2, -0.15) is 0 Å². The van der Waals surface area contributed by atoms with Crippen LogP contribution < -0.4 is 15.4 Å². The van der Waals surface area contributed by atoms with Crippen molar-refractivity contribution in [2.24, 2.45) is 0 Å². The molecule has 0 saturated carbocycles. The molecule has 0 radical (unpaired) electrons. The van der Waals surface area contributed by atoms with Crippen LogP contribution in [0.2, 0.25) is 0 Å². The molecule has 2 rings (SSSR count). The number of nitrogens with one attached hydrogen (secondary N) is 2. The summed E-state index contributed by atoms with van der Waals surface area (Å²) in [7, 11) is 1.59. The molecular formula is C19H26N4O4S. The Hall–Kier alpha value is -2.68. The molecule has 2 N–H and O–H groups in total. The molecule has 1 fully saturated rings. The molecule has 1 aliphatic heterocycles. The minimum atomic E-state index is -0.682. The van der Waals surface area contributed by atoms with Crippen molar-refractivity contribution in [3.63, 3.8) is 0 Å². The van der Waals surface area contributed by atoms with Crippen LogP contribution >= 0.6 is 12.2 Å². The van der Waals surface area contributed by atoms with Gasteiger partial charge in [-0.3, -0.25) is 19.3 Å². The zero-order valence-corrected chi connectivity index (χ0v) is 17.2. The SMILES string of the molecule is CCCOc1ccc(NC(=O)CC2C(=O)N(C)C(=S)N2CCNC(C)=O)cc1. The van der Waals surface area contributed by atoms with Gasteiger partial charge < -0.3 is 20.3 Å². The molecule has 0 aromatic heterocycles. The van der Waals surface area contributed by atoms with Crippen LogP contribution in [0.3, 0.4) is 0 Å².